The summed E-state index contributed by atoms with van der Waals surface area (Å²) in [6, 6.07) is 2.60. The molecule has 94 valence electrons. The monoisotopic (exact) mass is 241 g/mol. The quantitative estimate of drug-likeness (QED) is 0.858. The molecule has 0 saturated carbocycles. The molecule has 0 radical (unpaired) electrons. The summed E-state index contributed by atoms with van der Waals surface area (Å²) >= 11 is 0. The number of anilines is 1. The van der Waals surface area contributed by atoms with Gasteiger partial charge in [0.05, 0.1) is 11.8 Å². The van der Waals surface area contributed by atoms with Crippen LogP contribution in [0.4, 0.5) is 14.5 Å². The molecular formula is C13H17F2NO. The fraction of sp³-hybridized carbons (Fsp3) is 0.538. The van der Waals surface area contributed by atoms with E-state index in [1.165, 1.54) is 12.1 Å². The molecule has 2 atom stereocenters. The molecule has 1 aliphatic heterocycles. The van der Waals surface area contributed by atoms with E-state index in [0.29, 0.717) is 12.2 Å². The molecule has 0 aliphatic carbocycles. The Bertz CT molecular complexity index is 409. The van der Waals surface area contributed by atoms with Gasteiger partial charge in [0.1, 0.15) is 11.6 Å². The molecule has 1 saturated heterocycles. The van der Waals surface area contributed by atoms with Crippen molar-refractivity contribution < 1.29 is 13.5 Å². The van der Waals surface area contributed by atoms with E-state index in [1.807, 2.05) is 6.92 Å². The van der Waals surface area contributed by atoms with Gasteiger partial charge in [-0.3, -0.25) is 0 Å². The Morgan fingerprint density at radius 3 is 2.76 bits per heavy atom. The molecule has 1 N–H and O–H groups in total. The van der Waals surface area contributed by atoms with E-state index in [2.05, 4.69) is 5.32 Å². The van der Waals surface area contributed by atoms with Gasteiger partial charge >= 0.3 is 0 Å². The predicted molar refractivity (Wildman–Crippen MR) is 63.2 cm³/mol. The Labute approximate surface area is 100.0 Å². The normalized spacial score (nSPS) is 24.7. The van der Waals surface area contributed by atoms with Gasteiger partial charge in [-0.2, -0.15) is 0 Å². The third kappa shape index (κ3) is 2.94. The van der Waals surface area contributed by atoms with Gasteiger partial charge in [0, 0.05) is 18.7 Å². The molecule has 17 heavy (non-hydrogen) atoms. The zero-order chi connectivity index (χ0) is 12.4. The maximum atomic E-state index is 13.6. The molecule has 2 nitrogen and oxygen atoms in total. The van der Waals surface area contributed by atoms with Crippen molar-refractivity contribution in [3.8, 4) is 0 Å². The number of aryl methyl sites for hydroxylation is 1. The van der Waals surface area contributed by atoms with Crippen molar-refractivity contribution in [2.45, 2.75) is 38.8 Å². The van der Waals surface area contributed by atoms with Crippen LogP contribution in [0.25, 0.3) is 0 Å². The topological polar surface area (TPSA) is 21.3 Å². The summed E-state index contributed by atoms with van der Waals surface area (Å²) in [5.74, 6) is -0.781. The molecule has 1 aromatic carbocycles. The van der Waals surface area contributed by atoms with Gasteiger partial charge in [-0.05, 0) is 38.3 Å². The standard InChI is InChI=1S/C13H17F2NO/c1-8-5-12(15)13(7-11(8)14)16-10-3-4-17-9(2)6-10/h5,7,9-10,16H,3-4,6H2,1-2H3. The average molecular weight is 241 g/mol. The summed E-state index contributed by atoms with van der Waals surface area (Å²) in [6.45, 7) is 4.20. The Hall–Kier alpha value is -1.16. The second-order valence-electron chi connectivity index (χ2n) is 4.63. The second-order valence-corrected chi connectivity index (χ2v) is 4.63. The van der Waals surface area contributed by atoms with Gasteiger partial charge in [0.15, 0.2) is 0 Å². The molecule has 1 aliphatic rings. The highest BCUT2D eigenvalue weighted by atomic mass is 19.1. The van der Waals surface area contributed by atoms with E-state index in [4.69, 9.17) is 4.74 Å². The summed E-state index contributed by atoms with van der Waals surface area (Å²) in [4.78, 5) is 0. The van der Waals surface area contributed by atoms with E-state index in [0.717, 1.165) is 12.8 Å². The van der Waals surface area contributed by atoms with Crippen LogP contribution in [0, 0.1) is 18.6 Å². The molecule has 1 aromatic rings. The molecule has 2 rings (SSSR count). The highest BCUT2D eigenvalue weighted by Gasteiger charge is 2.20. The van der Waals surface area contributed by atoms with E-state index in [1.54, 1.807) is 6.92 Å². The van der Waals surface area contributed by atoms with Crippen LogP contribution in [-0.4, -0.2) is 18.8 Å². The molecule has 4 heteroatoms. The fourth-order valence-electron chi connectivity index (χ4n) is 2.11. The Morgan fingerprint density at radius 1 is 1.29 bits per heavy atom. The van der Waals surface area contributed by atoms with Gasteiger partial charge in [0.2, 0.25) is 0 Å². The summed E-state index contributed by atoms with van der Waals surface area (Å²) in [5, 5.41) is 3.05. The summed E-state index contributed by atoms with van der Waals surface area (Å²) < 4.78 is 32.4. The van der Waals surface area contributed by atoms with E-state index >= 15 is 0 Å². The Kier molecular flexibility index (Phi) is 3.62. The van der Waals surface area contributed by atoms with Crippen LogP contribution in [0.3, 0.4) is 0 Å². The number of rotatable bonds is 2. The van der Waals surface area contributed by atoms with E-state index in [-0.39, 0.29) is 23.7 Å². The lowest BCUT2D eigenvalue weighted by molar-refractivity contribution is 0.0232. The van der Waals surface area contributed by atoms with Crippen LogP contribution in [0.1, 0.15) is 25.3 Å². The SMILES string of the molecule is Cc1cc(F)c(NC2CCOC(C)C2)cc1F. The summed E-state index contributed by atoms with van der Waals surface area (Å²) in [5.41, 5.74) is 0.570. The van der Waals surface area contributed by atoms with Crippen LogP contribution < -0.4 is 5.32 Å². The number of nitrogens with one attached hydrogen (secondary N) is 1. The first-order chi connectivity index (χ1) is 8.06. The first-order valence-electron chi connectivity index (χ1n) is 5.90. The molecular weight excluding hydrogens is 224 g/mol. The van der Waals surface area contributed by atoms with Gasteiger partial charge in [0.25, 0.3) is 0 Å². The minimum atomic E-state index is -0.400. The largest absolute Gasteiger partial charge is 0.380 e. The van der Waals surface area contributed by atoms with Crippen molar-refractivity contribution in [1.82, 2.24) is 0 Å². The van der Waals surface area contributed by atoms with E-state index in [9.17, 15) is 8.78 Å². The highest BCUT2D eigenvalue weighted by Crippen LogP contribution is 2.23. The number of hydrogen-bond acceptors (Lipinski definition) is 2. The number of halogens is 2. The minimum Gasteiger partial charge on any atom is -0.380 e. The van der Waals surface area contributed by atoms with Crippen LogP contribution >= 0.6 is 0 Å². The summed E-state index contributed by atoms with van der Waals surface area (Å²) in [6.07, 6.45) is 1.80. The van der Waals surface area contributed by atoms with Crippen LogP contribution in [-0.2, 0) is 4.74 Å². The zero-order valence-corrected chi connectivity index (χ0v) is 10.1. The molecule has 0 spiro atoms. The number of benzene rings is 1. The molecule has 1 heterocycles. The van der Waals surface area contributed by atoms with Gasteiger partial charge in [-0.1, -0.05) is 0 Å². The van der Waals surface area contributed by atoms with Crippen molar-refractivity contribution in [3.63, 3.8) is 0 Å². The number of hydrogen-bond donors (Lipinski definition) is 1. The molecule has 1 fully saturated rings. The zero-order valence-electron chi connectivity index (χ0n) is 10.1. The Morgan fingerprint density at radius 2 is 2.06 bits per heavy atom. The maximum absolute atomic E-state index is 13.6. The van der Waals surface area contributed by atoms with E-state index < -0.39 is 5.82 Å². The Balaban J connectivity index is 2.10. The highest BCUT2D eigenvalue weighted by molar-refractivity contribution is 5.47. The molecule has 0 aromatic heterocycles. The second kappa shape index (κ2) is 5.00. The van der Waals surface area contributed by atoms with Crippen molar-refractivity contribution in [3.05, 3.63) is 29.3 Å². The lowest BCUT2D eigenvalue weighted by Crippen LogP contribution is -2.32. The van der Waals surface area contributed by atoms with Crippen molar-refractivity contribution in [2.75, 3.05) is 11.9 Å². The first kappa shape index (κ1) is 12.3. The van der Waals surface area contributed by atoms with Gasteiger partial charge in [-0.25, -0.2) is 8.78 Å². The maximum Gasteiger partial charge on any atom is 0.146 e. The lowest BCUT2D eigenvalue weighted by Gasteiger charge is -2.28. The van der Waals surface area contributed by atoms with Gasteiger partial charge in [-0.15, -0.1) is 0 Å². The molecule has 0 bridgehead atoms. The average Bonchev–Trinajstić information content (AvgIpc) is 2.26. The minimum absolute atomic E-state index is 0.148. The third-order valence-electron chi connectivity index (χ3n) is 3.09. The summed E-state index contributed by atoms with van der Waals surface area (Å²) in [7, 11) is 0. The lowest BCUT2D eigenvalue weighted by atomic mass is 10.0. The first-order valence-corrected chi connectivity index (χ1v) is 5.90. The van der Waals surface area contributed by atoms with Crippen molar-refractivity contribution >= 4 is 5.69 Å². The van der Waals surface area contributed by atoms with Crippen LogP contribution in [0.5, 0.6) is 0 Å². The predicted octanol–water partition coefficient (Wildman–Crippen LogP) is 3.25. The van der Waals surface area contributed by atoms with Crippen LogP contribution in [0.15, 0.2) is 12.1 Å². The smallest absolute Gasteiger partial charge is 0.146 e. The molecule has 2 unspecified atom stereocenters. The van der Waals surface area contributed by atoms with Crippen molar-refractivity contribution in [1.29, 1.82) is 0 Å². The number of ether oxygens (including phenoxy) is 1. The third-order valence-corrected chi connectivity index (χ3v) is 3.09. The van der Waals surface area contributed by atoms with Crippen molar-refractivity contribution in [2.24, 2.45) is 0 Å². The van der Waals surface area contributed by atoms with Gasteiger partial charge < -0.3 is 10.1 Å². The fourth-order valence-corrected chi connectivity index (χ4v) is 2.11. The van der Waals surface area contributed by atoms with Crippen LogP contribution in [0.2, 0.25) is 0 Å². The molecule has 0 amide bonds.